The molecule has 3 rings (SSSR count). The minimum atomic E-state index is -0.147. The highest BCUT2D eigenvalue weighted by Gasteiger charge is 2.16. The Morgan fingerprint density at radius 1 is 1.35 bits per heavy atom. The molecule has 1 aliphatic heterocycles. The molecule has 0 spiro atoms. The molecule has 0 radical (unpaired) electrons. The van der Waals surface area contributed by atoms with Gasteiger partial charge < -0.3 is 14.8 Å². The van der Waals surface area contributed by atoms with Crippen molar-refractivity contribution < 1.29 is 14.3 Å². The Kier molecular flexibility index (Phi) is 3.28. The van der Waals surface area contributed by atoms with Gasteiger partial charge in [-0.2, -0.15) is 5.10 Å². The normalized spacial score (nSPS) is 12.4. The van der Waals surface area contributed by atoms with Gasteiger partial charge in [-0.25, -0.2) is 0 Å². The second-order valence-electron chi connectivity index (χ2n) is 4.49. The topological polar surface area (TPSA) is 76.2 Å². The van der Waals surface area contributed by atoms with Crippen molar-refractivity contribution in [2.24, 2.45) is 0 Å². The van der Waals surface area contributed by atoms with Crippen molar-refractivity contribution in [1.82, 2.24) is 15.5 Å². The van der Waals surface area contributed by atoms with Crippen LogP contribution >= 0.6 is 0 Å². The maximum absolute atomic E-state index is 11.8. The van der Waals surface area contributed by atoms with Crippen molar-refractivity contribution in [2.75, 3.05) is 13.3 Å². The summed E-state index contributed by atoms with van der Waals surface area (Å²) in [6.45, 7) is 2.90. The first kappa shape index (κ1) is 12.5. The summed E-state index contributed by atoms with van der Waals surface area (Å²) in [5.74, 6) is 1.28. The molecule has 1 aromatic carbocycles. The smallest absolute Gasteiger partial charge is 0.269 e. The first-order valence-corrected chi connectivity index (χ1v) is 6.51. The van der Waals surface area contributed by atoms with Crippen LogP contribution in [0.1, 0.15) is 23.8 Å². The van der Waals surface area contributed by atoms with Gasteiger partial charge in [0.2, 0.25) is 6.79 Å². The van der Waals surface area contributed by atoms with Crippen LogP contribution in [0.4, 0.5) is 0 Å². The number of carbonyl (C=O) groups excluding carboxylic acids is 1. The van der Waals surface area contributed by atoms with Crippen LogP contribution in [0.15, 0.2) is 24.3 Å². The second kappa shape index (κ2) is 5.24. The number of aromatic amines is 1. The first-order chi connectivity index (χ1) is 9.78. The molecule has 20 heavy (non-hydrogen) atoms. The minimum Gasteiger partial charge on any atom is -0.454 e. The van der Waals surface area contributed by atoms with E-state index in [4.69, 9.17) is 9.47 Å². The molecule has 0 aliphatic carbocycles. The molecular formula is C14H15N3O3. The number of fused-ring (bicyclic) bond motifs is 1. The molecule has 2 N–H and O–H groups in total. The van der Waals surface area contributed by atoms with Gasteiger partial charge in [0.25, 0.3) is 5.91 Å². The van der Waals surface area contributed by atoms with Crippen LogP contribution in [-0.2, 0) is 0 Å². The van der Waals surface area contributed by atoms with Gasteiger partial charge in [-0.3, -0.25) is 9.89 Å². The number of hydrogen-bond donors (Lipinski definition) is 2. The number of H-pyrrole nitrogens is 1. The van der Waals surface area contributed by atoms with Gasteiger partial charge in [0.1, 0.15) is 5.69 Å². The molecule has 1 aliphatic rings. The van der Waals surface area contributed by atoms with Crippen LogP contribution in [0.25, 0.3) is 11.3 Å². The Balaban J connectivity index is 1.81. The Bertz CT molecular complexity index is 636. The minimum absolute atomic E-state index is 0.147. The van der Waals surface area contributed by atoms with E-state index in [1.165, 1.54) is 0 Å². The number of aromatic nitrogens is 2. The van der Waals surface area contributed by atoms with Crippen molar-refractivity contribution in [1.29, 1.82) is 0 Å². The van der Waals surface area contributed by atoms with E-state index < -0.39 is 0 Å². The highest BCUT2D eigenvalue weighted by molar-refractivity contribution is 5.93. The number of benzene rings is 1. The van der Waals surface area contributed by atoms with Gasteiger partial charge in [-0.05, 0) is 30.7 Å². The van der Waals surface area contributed by atoms with Crippen molar-refractivity contribution >= 4 is 5.91 Å². The average molecular weight is 273 g/mol. The first-order valence-electron chi connectivity index (χ1n) is 6.51. The molecule has 1 amide bonds. The molecule has 0 saturated heterocycles. The SMILES string of the molecule is CCCNC(=O)c1cc(-c2ccc3c(c2)OCO3)n[nH]1. The molecule has 0 bridgehead atoms. The van der Waals surface area contributed by atoms with Gasteiger partial charge in [-0.1, -0.05) is 6.92 Å². The molecule has 6 heteroatoms. The standard InChI is InChI=1S/C14H15N3O3/c1-2-5-15-14(18)11-7-10(16-17-11)9-3-4-12-13(6-9)20-8-19-12/h3-4,6-7H,2,5,8H2,1H3,(H,15,18)(H,16,17). The Labute approximate surface area is 116 Å². The maximum Gasteiger partial charge on any atom is 0.269 e. The summed E-state index contributed by atoms with van der Waals surface area (Å²) in [5.41, 5.74) is 2.02. The van der Waals surface area contributed by atoms with E-state index in [1.54, 1.807) is 6.07 Å². The Morgan fingerprint density at radius 2 is 2.20 bits per heavy atom. The van der Waals surface area contributed by atoms with Crippen molar-refractivity contribution in [3.63, 3.8) is 0 Å². The van der Waals surface area contributed by atoms with E-state index in [1.807, 2.05) is 25.1 Å². The van der Waals surface area contributed by atoms with E-state index >= 15 is 0 Å². The van der Waals surface area contributed by atoms with Crippen LogP contribution in [0, 0.1) is 0 Å². The number of nitrogens with one attached hydrogen (secondary N) is 2. The molecule has 0 unspecified atom stereocenters. The predicted octanol–water partition coefficient (Wildman–Crippen LogP) is 1.95. The average Bonchev–Trinajstić information content (AvgIpc) is 3.12. The number of nitrogens with zero attached hydrogens (tertiary/aromatic N) is 1. The van der Waals surface area contributed by atoms with Gasteiger partial charge in [0.15, 0.2) is 11.5 Å². The molecule has 1 aromatic heterocycles. The third-order valence-corrected chi connectivity index (χ3v) is 3.03. The fraction of sp³-hybridized carbons (Fsp3) is 0.286. The largest absolute Gasteiger partial charge is 0.454 e. The summed E-state index contributed by atoms with van der Waals surface area (Å²) in [6, 6.07) is 7.30. The summed E-state index contributed by atoms with van der Waals surface area (Å²) in [7, 11) is 0. The monoisotopic (exact) mass is 273 g/mol. The molecular weight excluding hydrogens is 258 g/mol. The lowest BCUT2D eigenvalue weighted by molar-refractivity contribution is 0.0948. The fourth-order valence-corrected chi connectivity index (χ4v) is 1.98. The highest BCUT2D eigenvalue weighted by atomic mass is 16.7. The number of carbonyl (C=O) groups is 1. The van der Waals surface area contributed by atoms with Gasteiger partial charge >= 0.3 is 0 Å². The van der Waals surface area contributed by atoms with Gasteiger partial charge in [0, 0.05) is 12.1 Å². The number of rotatable bonds is 4. The molecule has 0 atom stereocenters. The summed E-state index contributed by atoms with van der Waals surface area (Å²) in [4.78, 5) is 11.8. The number of amides is 1. The third kappa shape index (κ3) is 2.32. The Hall–Kier alpha value is -2.50. The molecule has 104 valence electrons. The van der Waals surface area contributed by atoms with Crippen LogP contribution in [0.3, 0.4) is 0 Å². The molecule has 6 nitrogen and oxygen atoms in total. The molecule has 0 fully saturated rings. The summed E-state index contributed by atoms with van der Waals surface area (Å²) in [5, 5.41) is 9.71. The summed E-state index contributed by atoms with van der Waals surface area (Å²) in [6.07, 6.45) is 0.898. The number of hydrogen-bond acceptors (Lipinski definition) is 4. The van der Waals surface area contributed by atoms with Crippen molar-refractivity contribution in [3.05, 3.63) is 30.0 Å². The lowest BCUT2D eigenvalue weighted by Crippen LogP contribution is -2.24. The fourth-order valence-electron chi connectivity index (χ4n) is 1.98. The van der Waals surface area contributed by atoms with Crippen LogP contribution in [0.5, 0.6) is 11.5 Å². The van der Waals surface area contributed by atoms with Crippen molar-refractivity contribution in [3.8, 4) is 22.8 Å². The lowest BCUT2D eigenvalue weighted by Gasteiger charge is -1.99. The van der Waals surface area contributed by atoms with Gasteiger partial charge in [0.05, 0.1) is 5.69 Å². The highest BCUT2D eigenvalue weighted by Crippen LogP contribution is 2.35. The van der Waals surface area contributed by atoms with Crippen molar-refractivity contribution in [2.45, 2.75) is 13.3 Å². The van der Waals surface area contributed by atoms with Gasteiger partial charge in [-0.15, -0.1) is 0 Å². The van der Waals surface area contributed by atoms with Crippen LogP contribution < -0.4 is 14.8 Å². The van der Waals surface area contributed by atoms with Crippen LogP contribution in [-0.4, -0.2) is 29.4 Å². The third-order valence-electron chi connectivity index (χ3n) is 3.03. The lowest BCUT2D eigenvalue weighted by atomic mass is 10.1. The molecule has 2 aromatic rings. The van der Waals surface area contributed by atoms with E-state index in [0.717, 1.165) is 17.7 Å². The molecule has 0 saturated carbocycles. The zero-order valence-corrected chi connectivity index (χ0v) is 11.1. The van der Waals surface area contributed by atoms with E-state index in [9.17, 15) is 4.79 Å². The zero-order chi connectivity index (χ0) is 13.9. The summed E-state index contributed by atoms with van der Waals surface area (Å²) < 4.78 is 10.6. The van der Waals surface area contributed by atoms with E-state index in [2.05, 4.69) is 15.5 Å². The predicted molar refractivity (Wildman–Crippen MR) is 72.8 cm³/mol. The number of ether oxygens (including phenoxy) is 2. The van der Waals surface area contributed by atoms with E-state index in [-0.39, 0.29) is 12.7 Å². The van der Waals surface area contributed by atoms with E-state index in [0.29, 0.717) is 23.7 Å². The summed E-state index contributed by atoms with van der Waals surface area (Å²) >= 11 is 0. The Morgan fingerprint density at radius 3 is 3.05 bits per heavy atom. The second-order valence-corrected chi connectivity index (χ2v) is 4.49. The van der Waals surface area contributed by atoms with Crippen LogP contribution in [0.2, 0.25) is 0 Å². The maximum atomic E-state index is 11.8. The zero-order valence-electron chi connectivity index (χ0n) is 11.1. The molecule has 2 heterocycles. The quantitative estimate of drug-likeness (QED) is 0.892.